The van der Waals surface area contributed by atoms with E-state index in [-0.39, 0.29) is 0 Å². The summed E-state index contributed by atoms with van der Waals surface area (Å²) < 4.78 is 1.68. The predicted octanol–water partition coefficient (Wildman–Crippen LogP) is 0.940. The van der Waals surface area contributed by atoms with Crippen LogP contribution in [-0.4, -0.2) is 23.9 Å². The molecule has 0 aliphatic rings. The Labute approximate surface area is 65.2 Å². The molecule has 0 atom stereocenters. The molecule has 1 aromatic rings. The van der Waals surface area contributed by atoms with Gasteiger partial charge in [-0.25, -0.2) is 0 Å². The SMILES string of the molecule is CN(C)c1c(Cl)[c]nn1C. The molecule has 0 fully saturated rings. The van der Waals surface area contributed by atoms with Crippen LogP contribution in [0.3, 0.4) is 0 Å². The van der Waals surface area contributed by atoms with Crippen molar-refractivity contribution in [2.45, 2.75) is 0 Å². The number of aryl methyl sites for hydroxylation is 1. The standard InChI is InChI=1S/C6H9ClN3/c1-9(2)6-5(7)4-8-10(6)3/h1-3H3. The molecule has 0 amide bonds. The van der Waals surface area contributed by atoms with Crippen LogP contribution in [0.1, 0.15) is 0 Å². The van der Waals surface area contributed by atoms with Crippen molar-refractivity contribution in [3.8, 4) is 0 Å². The van der Waals surface area contributed by atoms with E-state index in [1.54, 1.807) is 4.68 Å². The first-order valence-corrected chi connectivity index (χ1v) is 3.28. The molecule has 3 nitrogen and oxygen atoms in total. The highest BCUT2D eigenvalue weighted by Crippen LogP contribution is 2.20. The van der Waals surface area contributed by atoms with Crippen molar-refractivity contribution in [1.29, 1.82) is 0 Å². The maximum atomic E-state index is 5.76. The van der Waals surface area contributed by atoms with Gasteiger partial charge in [0.2, 0.25) is 0 Å². The van der Waals surface area contributed by atoms with Gasteiger partial charge in [-0.05, 0) is 0 Å². The molecule has 55 valence electrons. The lowest BCUT2D eigenvalue weighted by molar-refractivity contribution is 0.752. The minimum absolute atomic E-state index is 0.563. The monoisotopic (exact) mass is 158 g/mol. The van der Waals surface area contributed by atoms with Crippen LogP contribution in [-0.2, 0) is 7.05 Å². The molecule has 1 aromatic heterocycles. The van der Waals surface area contributed by atoms with E-state index >= 15 is 0 Å². The van der Waals surface area contributed by atoms with E-state index in [0.29, 0.717) is 5.02 Å². The van der Waals surface area contributed by atoms with Gasteiger partial charge in [0.15, 0.2) is 0 Å². The molecule has 0 saturated carbocycles. The second-order valence-electron chi connectivity index (χ2n) is 2.27. The number of hydrogen-bond acceptors (Lipinski definition) is 2. The van der Waals surface area contributed by atoms with Crippen molar-refractivity contribution in [2.75, 3.05) is 19.0 Å². The predicted molar refractivity (Wildman–Crippen MR) is 41.4 cm³/mol. The number of anilines is 1. The molecule has 1 heterocycles. The summed E-state index contributed by atoms with van der Waals surface area (Å²) in [6.45, 7) is 0. The van der Waals surface area contributed by atoms with Gasteiger partial charge in [-0.1, -0.05) is 11.6 Å². The Kier molecular flexibility index (Phi) is 1.85. The fraction of sp³-hybridized carbons (Fsp3) is 0.500. The smallest absolute Gasteiger partial charge is 0.145 e. The zero-order valence-corrected chi connectivity index (χ0v) is 6.98. The summed E-state index contributed by atoms with van der Waals surface area (Å²) in [5.74, 6) is 0.877. The van der Waals surface area contributed by atoms with Crippen molar-refractivity contribution >= 4 is 17.4 Å². The summed E-state index contributed by atoms with van der Waals surface area (Å²) in [5.41, 5.74) is 0. The number of nitrogens with zero attached hydrogens (tertiary/aromatic N) is 3. The summed E-state index contributed by atoms with van der Waals surface area (Å²) in [5, 5.41) is 4.42. The number of rotatable bonds is 1. The van der Waals surface area contributed by atoms with Crippen molar-refractivity contribution in [3.63, 3.8) is 0 Å². The van der Waals surface area contributed by atoms with Crippen LogP contribution in [0.25, 0.3) is 0 Å². The normalized spacial score (nSPS) is 10.0. The Bertz CT molecular complexity index is 209. The van der Waals surface area contributed by atoms with Gasteiger partial charge in [0.05, 0.1) is 0 Å². The molecule has 0 saturated heterocycles. The zero-order chi connectivity index (χ0) is 7.72. The lowest BCUT2D eigenvalue weighted by Crippen LogP contribution is -2.13. The van der Waals surface area contributed by atoms with E-state index in [0.717, 1.165) is 5.82 Å². The first kappa shape index (κ1) is 7.41. The molecule has 1 rings (SSSR count). The van der Waals surface area contributed by atoms with Crippen molar-refractivity contribution < 1.29 is 0 Å². The van der Waals surface area contributed by atoms with Crippen LogP contribution in [0.15, 0.2) is 0 Å². The maximum absolute atomic E-state index is 5.76. The van der Waals surface area contributed by atoms with Crippen LogP contribution in [0, 0.1) is 6.20 Å². The van der Waals surface area contributed by atoms with Gasteiger partial charge in [0.25, 0.3) is 0 Å². The molecule has 1 radical (unpaired) electrons. The van der Waals surface area contributed by atoms with E-state index < -0.39 is 0 Å². The molecule has 0 N–H and O–H groups in total. The van der Waals surface area contributed by atoms with Crippen LogP contribution < -0.4 is 4.90 Å². The Morgan fingerprint density at radius 2 is 2.20 bits per heavy atom. The third kappa shape index (κ3) is 1.09. The molecule has 0 unspecified atom stereocenters. The van der Waals surface area contributed by atoms with Crippen LogP contribution in [0.2, 0.25) is 5.02 Å². The van der Waals surface area contributed by atoms with Gasteiger partial charge in [-0.2, -0.15) is 5.10 Å². The molecular formula is C6H9ClN3. The fourth-order valence-electron chi connectivity index (χ4n) is 0.844. The third-order valence-corrected chi connectivity index (χ3v) is 1.48. The van der Waals surface area contributed by atoms with Gasteiger partial charge in [-0.3, -0.25) is 4.68 Å². The molecular weight excluding hydrogens is 150 g/mol. The van der Waals surface area contributed by atoms with Gasteiger partial charge in [0.1, 0.15) is 17.0 Å². The van der Waals surface area contributed by atoms with Gasteiger partial charge < -0.3 is 4.90 Å². The first-order valence-electron chi connectivity index (χ1n) is 2.90. The summed E-state index contributed by atoms with van der Waals surface area (Å²) in [4.78, 5) is 1.89. The molecule has 0 bridgehead atoms. The molecule has 0 spiro atoms. The number of aromatic nitrogens is 2. The summed E-state index contributed by atoms with van der Waals surface area (Å²) in [7, 11) is 5.66. The Morgan fingerprint density at radius 3 is 2.40 bits per heavy atom. The highest BCUT2D eigenvalue weighted by Gasteiger charge is 2.07. The molecule has 4 heteroatoms. The Hall–Kier alpha value is -0.700. The molecule has 10 heavy (non-hydrogen) atoms. The van der Waals surface area contributed by atoms with Gasteiger partial charge >= 0.3 is 0 Å². The second kappa shape index (κ2) is 2.50. The van der Waals surface area contributed by atoms with Crippen molar-refractivity contribution in [2.24, 2.45) is 7.05 Å². The Balaban J connectivity index is 3.10. The van der Waals surface area contributed by atoms with Crippen LogP contribution >= 0.6 is 11.6 Å². The first-order chi connectivity index (χ1) is 4.63. The number of hydrogen-bond donors (Lipinski definition) is 0. The molecule has 0 aliphatic carbocycles. The highest BCUT2D eigenvalue weighted by atomic mass is 35.5. The minimum atomic E-state index is 0.563. The van der Waals surface area contributed by atoms with Crippen molar-refractivity contribution in [1.82, 2.24) is 9.78 Å². The van der Waals surface area contributed by atoms with Gasteiger partial charge in [-0.15, -0.1) is 0 Å². The highest BCUT2D eigenvalue weighted by molar-refractivity contribution is 6.32. The summed E-state index contributed by atoms with van der Waals surface area (Å²) in [6.07, 6.45) is 2.65. The van der Waals surface area contributed by atoms with Gasteiger partial charge in [0, 0.05) is 21.1 Å². The largest absolute Gasteiger partial charge is 0.362 e. The second-order valence-corrected chi connectivity index (χ2v) is 2.65. The average Bonchev–Trinajstić information content (AvgIpc) is 2.11. The Morgan fingerprint density at radius 1 is 1.60 bits per heavy atom. The topological polar surface area (TPSA) is 21.1 Å². The van der Waals surface area contributed by atoms with Crippen LogP contribution in [0.4, 0.5) is 5.82 Å². The fourth-order valence-corrected chi connectivity index (χ4v) is 1.17. The third-order valence-electron chi connectivity index (χ3n) is 1.22. The lowest BCUT2D eigenvalue weighted by atomic mass is 10.6. The van der Waals surface area contributed by atoms with E-state index in [2.05, 4.69) is 11.3 Å². The van der Waals surface area contributed by atoms with Crippen LogP contribution in [0.5, 0.6) is 0 Å². The minimum Gasteiger partial charge on any atom is -0.362 e. The summed E-state index contributed by atoms with van der Waals surface area (Å²) >= 11 is 5.76. The number of halogens is 1. The van der Waals surface area contributed by atoms with Crippen molar-refractivity contribution in [3.05, 3.63) is 11.2 Å². The summed E-state index contributed by atoms with van der Waals surface area (Å²) in [6, 6.07) is 0. The van der Waals surface area contributed by atoms with E-state index in [1.807, 2.05) is 26.0 Å². The zero-order valence-electron chi connectivity index (χ0n) is 6.22. The maximum Gasteiger partial charge on any atom is 0.145 e. The lowest BCUT2D eigenvalue weighted by Gasteiger charge is -2.11. The van der Waals surface area contributed by atoms with E-state index in [9.17, 15) is 0 Å². The molecule has 0 aliphatic heterocycles. The average molecular weight is 159 g/mol. The van der Waals surface area contributed by atoms with E-state index in [4.69, 9.17) is 11.6 Å². The van der Waals surface area contributed by atoms with E-state index in [1.165, 1.54) is 0 Å². The quantitative estimate of drug-likeness (QED) is 0.607. The molecule has 0 aromatic carbocycles.